The summed E-state index contributed by atoms with van der Waals surface area (Å²) in [5.74, 6) is -1.17. The van der Waals surface area contributed by atoms with E-state index in [9.17, 15) is 9.59 Å². The van der Waals surface area contributed by atoms with Gasteiger partial charge in [-0.05, 0) is 6.42 Å². The summed E-state index contributed by atoms with van der Waals surface area (Å²) in [6.07, 6.45) is 1.07. The molecule has 0 aliphatic carbocycles. The van der Waals surface area contributed by atoms with Gasteiger partial charge in [0.25, 0.3) is 0 Å². The average molecular weight is 208 g/mol. The van der Waals surface area contributed by atoms with Gasteiger partial charge in [0.1, 0.15) is 6.04 Å². The van der Waals surface area contributed by atoms with Gasteiger partial charge in [0.15, 0.2) is 0 Å². The molecule has 78 valence electrons. The number of thiol groups is 1. The SMILES string of the molecule is CCCC(=O)N[C@@H](CS)C(=O)O.N. The van der Waals surface area contributed by atoms with Crippen LogP contribution in [0.1, 0.15) is 19.8 Å². The van der Waals surface area contributed by atoms with Gasteiger partial charge in [-0.1, -0.05) is 6.92 Å². The first kappa shape index (κ1) is 14.8. The first-order valence-corrected chi connectivity index (χ1v) is 4.38. The highest BCUT2D eigenvalue weighted by Gasteiger charge is 2.16. The van der Waals surface area contributed by atoms with E-state index in [1.165, 1.54) is 0 Å². The largest absolute Gasteiger partial charge is 0.480 e. The van der Waals surface area contributed by atoms with E-state index in [-0.39, 0.29) is 17.8 Å². The van der Waals surface area contributed by atoms with E-state index in [0.29, 0.717) is 12.8 Å². The lowest BCUT2D eigenvalue weighted by Gasteiger charge is -2.10. The summed E-state index contributed by atoms with van der Waals surface area (Å²) < 4.78 is 0. The van der Waals surface area contributed by atoms with Crippen LogP contribution in [0.3, 0.4) is 0 Å². The van der Waals surface area contributed by atoms with Crippen LogP contribution in [0.2, 0.25) is 0 Å². The summed E-state index contributed by atoms with van der Waals surface area (Å²) in [7, 11) is 0. The van der Waals surface area contributed by atoms with E-state index in [4.69, 9.17) is 5.11 Å². The number of carbonyl (C=O) groups is 2. The van der Waals surface area contributed by atoms with E-state index in [0.717, 1.165) is 0 Å². The molecule has 5 nitrogen and oxygen atoms in total. The summed E-state index contributed by atoms with van der Waals surface area (Å²) in [5, 5.41) is 10.9. The Balaban J connectivity index is 0. The van der Waals surface area contributed by atoms with Crippen molar-refractivity contribution in [3.8, 4) is 0 Å². The molecule has 13 heavy (non-hydrogen) atoms. The molecule has 0 aromatic carbocycles. The smallest absolute Gasteiger partial charge is 0.327 e. The lowest BCUT2D eigenvalue weighted by Crippen LogP contribution is -2.41. The third kappa shape index (κ3) is 6.41. The monoisotopic (exact) mass is 208 g/mol. The van der Waals surface area contributed by atoms with Crippen molar-refractivity contribution in [2.75, 3.05) is 5.75 Å². The molecule has 1 amide bonds. The van der Waals surface area contributed by atoms with Crippen molar-refractivity contribution >= 4 is 24.5 Å². The molecule has 0 aliphatic rings. The van der Waals surface area contributed by atoms with E-state index in [1.54, 1.807) is 0 Å². The van der Waals surface area contributed by atoms with Crippen molar-refractivity contribution < 1.29 is 14.7 Å². The van der Waals surface area contributed by atoms with Crippen LogP contribution >= 0.6 is 12.6 Å². The Hall–Kier alpha value is -0.750. The zero-order valence-electron chi connectivity index (χ0n) is 7.62. The molecule has 0 spiro atoms. The number of carboxylic acid groups (broad SMARTS) is 1. The Labute approximate surface area is 82.9 Å². The molecule has 0 fully saturated rings. The van der Waals surface area contributed by atoms with E-state index in [1.807, 2.05) is 6.92 Å². The Morgan fingerprint density at radius 2 is 2.08 bits per heavy atom. The number of rotatable bonds is 5. The molecule has 6 heteroatoms. The molecule has 5 N–H and O–H groups in total. The second-order valence-corrected chi connectivity index (χ2v) is 2.76. The lowest BCUT2D eigenvalue weighted by molar-refractivity contribution is -0.141. The average Bonchev–Trinajstić information content (AvgIpc) is 2.00. The zero-order chi connectivity index (χ0) is 9.56. The predicted molar refractivity (Wildman–Crippen MR) is 53.3 cm³/mol. The van der Waals surface area contributed by atoms with Crippen molar-refractivity contribution in [2.45, 2.75) is 25.8 Å². The third-order valence-corrected chi connectivity index (χ3v) is 1.66. The van der Waals surface area contributed by atoms with Crippen molar-refractivity contribution in [3.05, 3.63) is 0 Å². The third-order valence-electron chi connectivity index (χ3n) is 1.29. The molecule has 0 aromatic heterocycles. The Morgan fingerprint density at radius 1 is 1.54 bits per heavy atom. The lowest BCUT2D eigenvalue weighted by atomic mass is 10.3. The number of carboxylic acids is 1. The highest BCUT2D eigenvalue weighted by molar-refractivity contribution is 7.80. The molecule has 0 bridgehead atoms. The predicted octanol–water partition coefficient (Wildman–Crippen LogP) is 0.448. The van der Waals surface area contributed by atoms with Gasteiger partial charge in [-0.2, -0.15) is 12.6 Å². The molecule has 0 heterocycles. The maximum Gasteiger partial charge on any atom is 0.327 e. The van der Waals surface area contributed by atoms with Gasteiger partial charge >= 0.3 is 5.97 Å². The molecular weight excluding hydrogens is 192 g/mol. The summed E-state index contributed by atoms with van der Waals surface area (Å²) >= 11 is 3.80. The molecule has 0 unspecified atom stereocenters. The minimum Gasteiger partial charge on any atom is -0.480 e. The number of aliphatic carboxylic acids is 1. The van der Waals surface area contributed by atoms with Crippen LogP contribution in [0.15, 0.2) is 0 Å². The van der Waals surface area contributed by atoms with E-state index < -0.39 is 12.0 Å². The van der Waals surface area contributed by atoms with Gasteiger partial charge in [0.2, 0.25) is 5.91 Å². The quantitative estimate of drug-likeness (QED) is 0.492. The van der Waals surface area contributed by atoms with Gasteiger partial charge in [0.05, 0.1) is 0 Å². The fourth-order valence-corrected chi connectivity index (χ4v) is 0.927. The summed E-state index contributed by atoms with van der Waals surface area (Å²) in [4.78, 5) is 21.3. The maximum absolute atomic E-state index is 10.9. The second kappa shape index (κ2) is 7.88. The molecule has 0 rings (SSSR count). The maximum atomic E-state index is 10.9. The molecule has 0 aromatic rings. The molecule has 0 saturated heterocycles. The molecule has 0 radical (unpaired) electrons. The molecule has 0 aliphatic heterocycles. The Morgan fingerprint density at radius 3 is 2.38 bits per heavy atom. The standard InChI is InChI=1S/C7H13NO3S.H3N/c1-2-3-6(9)8-5(4-12)7(10)11;/h5,12H,2-4H2,1H3,(H,8,9)(H,10,11);1H3/t5-;/m0./s1. The molecule has 0 saturated carbocycles. The van der Waals surface area contributed by atoms with Crippen molar-refractivity contribution in [3.63, 3.8) is 0 Å². The minimum absolute atomic E-state index is 0. The number of hydrogen-bond acceptors (Lipinski definition) is 4. The first-order chi connectivity index (χ1) is 5.61. The fraction of sp³-hybridized carbons (Fsp3) is 0.714. The zero-order valence-corrected chi connectivity index (χ0v) is 8.51. The first-order valence-electron chi connectivity index (χ1n) is 3.74. The summed E-state index contributed by atoms with van der Waals surface area (Å²) in [6.45, 7) is 1.86. The van der Waals surface area contributed by atoms with E-state index >= 15 is 0 Å². The van der Waals surface area contributed by atoms with Gasteiger partial charge in [-0.3, -0.25) is 4.79 Å². The van der Waals surface area contributed by atoms with Gasteiger partial charge < -0.3 is 16.6 Å². The topological polar surface area (TPSA) is 101 Å². The molecular formula is C7H16N2O3S. The van der Waals surface area contributed by atoms with Crippen LogP contribution in [-0.2, 0) is 9.59 Å². The van der Waals surface area contributed by atoms with Gasteiger partial charge in [-0.15, -0.1) is 0 Å². The van der Waals surface area contributed by atoms with Crippen LogP contribution in [-0.4, -0.2) is 28.8 Å². The number of nitrogens with one attached hydrogen (secondary N) is 1. The highest BCUT2D eigenvalue weighted by atomic mass is 32.1. The van der Waals surface area contributed by atoms with Crippen molar-refractivity contribution in [2.24, 2.45) is 0 Å². The van der Waals surface area contributed by atoms with Crippen LogP contribution in [0.4, 0.5) is 0 Å². The highest BCUT2D eigenvalue weighted by Crippen LogP contribution is 1.92. The fourth-order valence-electron chi connectivity index (χ4n) is 0.679. The molecule has 1 atom stereocenters. The van der Waals surface area contributed by atoms with Crippen molar-refractivity contribution in [1.82, 2.24) is 11.5 Å². The number of carbonyl (C=O) groups excluding carboxylic acids is 1. The summed E-state index contributed by atoms with van der Waals surface area (Å²) in [6, 6.07) is -0.868. The summed E-state index contributed by atoms with van der Waals surface area (Å²) in [5.41, 5.74) is 0. The van der Waals surface area contributed by atoms with Crippen LogP contribution in [0.5, 0.6) is 0 Å². The van der Waals surface area contributed by atoms with Crippen LogP contribution < -0.4 is 11.5 Å². The van der Waals surface area contributed by atoms with Gasteiger partial charge in [-0.25, -0.2) is 4.79 Å². The second-order valence-electron chi connectivity index (χ2n) is 2.39. The Kier molecular flexibility index (Phi) is 8.94. The van der Waals surface area contributed by atoms with Crippen LogP contribution in [0.25, 0.3) is 0 Å². The van der Waals surface area contributed by atoms with Crippen molar-refractivity contribution in [1.29, 1.82) is 0 Å². The number of hydrogen-bond donors (Lipinski definition) is 4. The normalized spacial score (nSPS) is 11.2. The van der Waals surface area contributed by atoms with Crippen LogP contribution in [0, 0.1) is 0 Å². The Bertz CT molecular complexity index is 175. The van der Waals surface area contributed by atoms with E-state index in [2.05, 4.69) is 17.9 Å². The van der Waals surface area contributed by atoms with Gasteiger partial charge in [0, 0.05) is 12.2 Å². The number of amides is 1. The minimum atomic E-state index is -1.05.